The van der Waals surface area contributed by atoms with Gasteiger partial charge in [0, 0.05) is 27.7 Å². The molecule has 0 saturated carbocycles. The molecule has 0 spiro atoms. The molecular weight excluding hydrogens is 483 g/mol. The van der Waals surface area contributed by atoms with Crippen LogP contribution in [0.15, 0.2) is 42.5 Å². The van der Waals surface area contributed by atoms with Gasteiger partial charge in [0.15, 0.2) is 0 Å². The maximum Gasteiger partial charge on any atom is 0.222 e. The molecule has 0 fully saturated rings. The van der Waals surface area contributed by atoms with E-state index in [2.05, 4.69) is 32.2 Å². The van der Waals surface area contributed by atoms with Gasteiger partial charge >= 0.3 is 0 Å². The summed E-state index contributed by atoms with van der Waals surface area (Å²) in [5, 5.41) is 4.70. The number of hydrogen-bond donors (Lipinski definition) is 4. The molecule has 2 aromatic heterocycles. The summed E-state index contributed by atoms with van der Waals surface area (Å²) >= 11 is 11.9. The number of fused-ring (bicyclic) bond motifs is 3. The Morgan fingerprint density at radius 2 is 1.37 bits per heavy atom. The first-order valence-electron chi connectivity index (χ1n) is 11.2. The lowest BCUT2D eigenvalue weighted by Crippen LogP contribution is -2.14. The Labute approximate surface area is 213 Å². The van der Waals surface area contributed by atoms with Crippen LogP contribution in [-0.4, -0.2) is 19.9 Å². The molecule has 0 atom stereocenters. The molecule has 0 unspecified atom stereocenters. The zero-order valence-electron chi connectivity index (χ0n) is 19.4. The molecule has 4 aromatic rings. The normalized spacial score (nSPS) is 11.5. The molecule has 35 heavy (non-hydrogen) atoms. The number of benzene rings is 2. The fourth-order valence-electron chi connectivity index (χ4n) is 4.06. The molecule has 3 heterocycles. The molecule has 8 nitrogen and oxygen atoms in total. The zero-order valence-corrected chi connectivity index (χ0v) is 21.0. The molecule has 7 N–H and O–H groups in total. The summed E-state index contributed by atoms with van der Waals surface area (Å²) < 4.78 is 0. The van der Waals surface area contributed by atoms with Crippen LogP contribution in [0.5, 0.6) is 0 Å². The number of nitrogens with one attached hydrogen (secondary N) is 1. The third-order valence-corrected chi connectivity index (χ3v) is 6.10. The van der Waals surface area contributed by atoms with Gasteiger partial charge in [-0.1, -0.05) is 55.2 Å². The fourth-order valence-corrected chi connectivity index (χ4v) is 4.38. The third-order valence-electron chi connectivity index (χ3n) is 5.62. The SMILES string of the molecule is CCc1nc(N)nc(N)c1-c1ccc(Cl)cc1.CCc1nc(N)nc2c1-c1ccc(Cl)cc1CN2. The van der Waals surface area contributed by atoms with E-state index in [1.807, 2.05) is 49.4 Å². The van der Waals surface area contributed by atoms with Crippen LogP contribution in [0.3, 0.4) is 0 Å². The van der Waals surface area contributed by atoms with Gasteiger partial charge in [0.25, 0.3) is 0 Å². The van der Waals surface area contributed by atoms with Crippen molar-refractivity contribution >= 4 is 46.7 Å². The minimum absolute atomic E-state index is 0.206. The number of anilines is 4. The van der Waals surface area contributed by atoms with E-state index >= 15 is 0 Å². The third kappa shape index (κ3) is 5.23. The molecule has 10 heteroatoms. The molecule has 5 rings (SSSR count). The molecule has 0 bridgehead atoms. The minimum Gasteiger partial charge on any atom is -0.383 e. The Hall–Kier alpha value is -3.62. The van der Waals surface area contributed by atoms with E-state index in [9.17, 15) is 0 Å². The van der Waals surface area contributed by atoms with Crippen molar-refractivity contribution in [3.63, 3.8) is 0 Å². The summed E-state index contributed by atoms with van der Waals surface area (Å²) in [6.45, 7) is 4.77. The predicted molar refractivity (Wildman–Crippen MR) is 144 cm³/mol. The van der Waals surface area contributed by atoms with Gasteiger partial charge in [-0.2, -0.15) is 9.97 Å². The number of rotatable bonds is 3. The van der Waals surface area contributed by atoms with Gasteiger partial charge in [0.05, 0.1) is 11.4 Å². The van der Waals surface area contributed by atoms with Crippen LogP contribution in [0.1, 0.15) is 30.8 Å². The second-order valence-corrected chi connectivity index (χ2v) is 8.78. The Bertz CT molecular complexity index is 1360. The second kappa shape index (κ2) is 10.3. The topological polar surface area (TPSA) is 142 Å². The number of aromatic nitrogens is 4. The average molecular weight is 509 g/mol. The molecule has 0 amide bonds. The summed E-state index contributed by atoms with van der Waals surface area (Å²) in [4.78, 5) is 16.8. The lowest BCUT2D eigenvalue weighted by molar-refractivity contribution is 0.985. The minimum atomic E-state index is 0.206. The summed E-state index contributed by atoms with van der Waals surface area (Å²) in [5.41, 5.74) is 24.2. The van der Waals surface area contributed by atoms with E-state index in [0.717, 1.165) is 62.9 Å². The van der Waals surface area contributed by atoms with Crippen molar-refractivity contribution < 1.29 is 0 Å². The van der Waals surface area contributed by atoms with E-state index in [1.54, 1.807) is 0 Å². The van der Waals surface area contributed by atoms with E-state index in [4.69, 9.17) is 40.4 Å². The van der Waals surface area contributed by atoms with Crippen molar-refractivity contribution in [2.24, 2.45) is 0 Å². The predicted octanol–water partition coefficient (Wildman–Crippen LogP) is 5.39. The molecule has 1 aliphatic rings. The first kappa shape index (κ1) is 24.5. The van der Waals surface area contributed by atoms with Gasteiger partial charge < -0.3 is 22.5 Å². The fraction of sp³-hybridized carbons (Fsp3) is 0.200. The number of aryl methyl sites for hydroxylation is 2. The van der Waals surface area contributed by atoms with Crippen molar-refractivity contribution in [1.29, 1.82) is 0 Å². The summed E-state index contributed by atoms with van der Waals surface area (Å²) in [7, 11) is 0. The molecule has 0 aliphatic carbocycles. The highest BCUT2D eigenvalue weighted by molar-refractivity contribution is 6.31. The van der Waals surface area contributed by atoms with Gasteiger partial charge in [-0.25, -0.2) is 9.97 Å². The van der Waals surface area contributed by atoms with Crippen LogP contribution in [0, 0.1) is 0 Å². The van der Waals surface area contributed by atoms with Crippen molar-refractivity contribution in [1.82, 2.24) is 19.9 Å². The number of nitrogen functional groups attached to an aromatic ring is 3. The molecule has 1 aliphatic heterocycles. The van der Waals surface area contributed by atoms with E-state index in [0.29, 0.717) is 23.3 Å². The largest absolute Gasteiger partial charge is 0.383 e. The summed E-state index contributed by atoms with van der Waals surface area (Å²) in [6, 6.07) is 13.3. The Morgan fingerprint density at radius 3 is 2.03 bits per heavy atom. The van der Waals surface area contributed by atoms with Crippen LogP contribution in [0.25, 0.3) is 22.3 Å². The van der Waals surface area contributed by atoms with E-state index < -0.39 is 0 Å². The first-order chi connectivity index (χ1) is 16.8. The highest BCUT2D eigenvalue weighted by Gasteiger charge is 2.21. The molecule has 0 radical (unpaired) electrons. The molecule has 180 valence electrons. The van der Waals surface area contributed by atoms with Crippen LogP contribution < -0.4 is 22.5 Å². The van der Waals surface area contributed by atoms with Gasteiger partial charge in [0.2, 0.25) is 11.9 Å². The van der Waals surface area contributed by atoms with Gasteiger partial charge in [-0.05, 0) is 53.8 Å². The highest BCUT2D eigenvalue weighted by atomic mass is 35.5. The zero-order chi connectivity index (χ0) is 25.1. The Morgan fingerprint density at radius 1 is 0.771 bits per heavy atom. The summed E-state index contributed by atoms with van der Waals surface area (Å²) in [6.07, 6.45) is 1.56. The lowest BCUT2D eigenvalue weighted by Gasteiger charge is -2.22. The molecule has 2 aromatic carbocycles. The van der Waals surface area contributed by atoms with E-state index in [-0.39, 0.29) is 5.95 Å². The van der Waals surface area contributed by atoms with Crippen molar-refractivity contribution in [2.75, 3.05) is 22.5 Å². The number of nitrogens with two attached hydrogens (primary N) is 3. The Balaban J connectivity index is 0.000000165. The molecule has 0 saturated heterocycles. The number of halogens is 2. The maximum atomic E-state index is 6.02. The number of hydrogen-bond acceptors (Lipinski definition) is 8. The second-order valence-electron chi connectivity index (χ2n) is 7.91. The average Bonchev–Trinajstić information content (AvgIpc) is 2.83. The standard InChI is InChI=1S/C13H13ClN4.C12H13ClN4/c1-2-10-11-9-4-3-8(14)5-7(9)6-16-12(11)18-13(15)17-10;1-2-9-10(11(14)17-12(15)16-9)7-3-5-8(13)6-4-7/h3-5H,2,6H2,1H3,(H3,15,16,17,18);3-6H,2H2,1H3,(H4,14,15,16,17). The highest BCUT2D eigenvalue weighted by Crippen LogP contribution is 2.38. The summed E-state index contributed by atoms with van der Waals surface area (Å²) in [5.74, 6) is 1.73. The van der Waals surface area contributed by atoms with Gasteiger partial charge in [-0.15, -0.1) is 0 Å². The van der Waals surface area contributed by atoms with Crippen LogP contribution in [0.2, 0.25) is 10.0 Å². The van der Waals surface area contributed by atoms with Crippen LogP contribution in [-0.2, 0) is 19.4 Å². The maximum absolute atomic E-state index is 6.02. The quantitative estimate of drug-likeness (QED) is 0.288. The lowest BCUT2D eigenvalue weighted by atomic mass is 9.95. The number of nitrogens with zero attached hydrogens (tertiary/aromatic N) is 4. The first-order valence-corrected chi connectivity index (χ1v) is 11.9. The van der Waals surface area contributed by atoms with Crippen LogP contribution in [0.4, 0.5) is 23.5 Å². The Kier molecular flexibility index (Phi) is 7.23. The van der Waals surface area contributed by atoms with Crippen LogP contribution >= 0.6 is 23.2 Å². The van der Waals surface area contributed by atoms with Gasteiger partial charge in [-0.3, -0.25) is 0 Å². The van der Waals surface area contributed by atoms with Gasteiger partial charge in [0.1, 0.15) is 11.6 Å². The smallest absolute Gasteiger partial charge is 0.222 e. The van der Waals surface area contributed by atoms with Crippen molar-refractivity contribution in [3.05, 3.63) is 69.5 Å². The van der Waals surface area contributed by atoms with Crippen molar-refractivity contribution in [2.45, 2.75) is 33.2 Å². The molecular formula is C25H26Cl2N8. The van der Waals surface area contributed by atoms with Crippen molar-refractivity contribution in [3.8, 4) is 22.3 Å². The van der Waals surface area contributed by atoms with E-state index in [1.165, 1.54) is 0 Å². The monoisotopic (exact) mass is 508 g/mol.